The predicted molar refractivity (Wildman–Crippen MR) is 90.0 cm³/mol. The number of halogens is 2. The molecule has 0 aliphatic rings. The van der Waals surface area contributed by atoms with Crippen LogP contribution in [0.3, 0.4) is 0 Å². The lowest BCUT2D eigenvalue weighted by atomic mass is 10.1. The molecule has 3 rings (SSSR count). The second-order valence-electron chi connectivity index (χ2n) is 4.90. The van der Waals surface area contributed by atoms with E-state index in [0.717, 1.165) is 0 Å². The lowest BCUT2D eigenvalue weighted by Crippen LogP contribution is -2.06. The van der Waals surface area contributed by atoms with Crippen LogP contribution in [0.2, 0.25) is 10.0 Å². The minimum atomic E-state index is -1.13. The average Bonchev–Trinajstić information content (AvgIpc) is 2.49. The molecule has 116 valence electrons. The summed E-state index contributed by atoms with van der Waals surface area (Å²) in [6.07, 6.45) is 0. The van der Waals surface area contributed by atoms with Gasteiger partial charge in [-0.2, -0.15) is 0 Å². The van der Waals surface area contributed by atoms with Crippen molar-refractivity contribution in [1.29, 1.82) is 0 Å². The monoisotopic (exact) mass is 347 g/mol. The van der Waals surface area contributed by atoms with Gasteiger partial charge in [0.15, 0.2) is 5.75 Å². The van der Waals surface area contributed by atoms with Crippen molar-refractivity contribution in [3.8, 4) is 11.5 Å². The highest BCUT2D eigenvalue weighted by molar-refractivity contribution is 6.32. The first-order chi connectivity index (χ1) is 11.0. The number of para-hydroxylation sites is 1. The molecule has 0 aliphatic heterocycles. The number of aromatic carboxylic acids is 1. The van der Waals surface area contributed by atoms with Gasteiger partial charge < -0.3 is 9.84 Å². The number of carbonyl (C=O) groups is 1. The fourth-order valence-corrected chi connectivity index (χ4v) is 2.66. The number of nitrogens with zero attached hydrogens (tertiary/aromatic N) is 1. The maximum Gasteiger partial charge on any atom is 0.341 e. The van der Waals surface area contributed by atoms with Crippen molar-refractivity contribution in [2.45, 2.75) is 6.92 Å². The van der Waals surface area contributed by atoms with E-state index < -0.39 is 5.97 Å². The molecule has 0 spiro atoms. The third-order valence-corrected chi connectivity index (χ3v) is 3.89. The Kier molecular flexibility index (Phi) is 4.11. The maximum absolute atomic E-state index is 11.7. The Hall–Kier alpha value is -2.30. The van der Waals surface area contributed by atoms with E-state index >= 15 is 0 Å². The molecule has 23 heavy (non-hydrogen) atoms. The van der Waals surface area contributed by atoms with E-state index in [1.807, 2.05) is 0 Å². The van der Waals surface area contributed by atoms with Gasteiger partial charge in [-0.1, -0.05) is 35.3 Å². The molecule has 4 nitrogen and oxygen atoms in total. The zero-order chi connectivity index (χ0) is 16.6. The van der Waals surface area contributed by atoms with Gasteiger partial charge in [-0.25, -0.2) is 4.79 Å². The third-order valence-electron chi connectivity index (χ3n) is 3.34. The summed E-state index contributed by atoms with van der Waals surface area (Å²) >= 11 is 12.2. The number of carboxylic acid groups (broad SMARTS) is 1. The molecule has 0 fully saturated rings. The number of pyridine rings is 1. The number of carboxylic acids is 1. The predicted octanol–water partition coefficient (Wildman–Crippen LogP) is 5.34. The molecule has 1 heterocycles. The molecule has 3 aromatic rings. The minimum Gasteiger partial charge on any atom is -0.477 e. The Morgan fingerprint density at radius 3 is 2.61 bits per heavy atom. The summed E-state index contributed by atoms with van der Waals surface area (Å²) in [5, 5.41) is 10.9. The minimum absolute atomic E-state index is 0.0142. The Morgan fingerprint density at radius 2 is 1.91 bits per heavy atom. The van der Waals surface area contributed by atoms with E-state index in [2.05, 4.69) is 4.98 Å². The van der Waals surface area contributed by atoms with Crippen molar-refractivity contribution in [3.63, 3.8) is 0 Å². The van der Waals surface area contributed by atoms with E-state index in [1.54, 1.807) is 49.4 Å². The smallest absolute Gasteiger partial charge is 0.341 e. The SMILES string of the molecule is Cc1nc2ccc(Cl)cc2c(Oc2ccccc2Cl)c1C(=O)O. The van der Waals surface area contributed by atoms with Gasteiger partial charge in [-0.3, -0.25) is 4.98 Å². The molecule has 0 aliphatic carbocycles. The Balaban J connectivity index is 2.31. The molecule has 1 aromatic heterocycles. The van der Waals surface area contributed by atoms with Crippen molar-refractivity contribution in [1.82, 2.24) is 4.98 Å². The number of fused-ring (bicyclic) bond motifs is 1. The highest BCUT2D eigenvalue weighted by Gasteiger charge is 2.21. The summed E-state index contributed by atoms with van der Waals surface area (Å²) in [7, 11) is 0. The number of hydrogen-bond donors (Lipinski definition) is 1. The fourth-order valence-electron chi connectivity index (χ4n) is 2.32. The Morgan fingerprint density at radius 1 is 1.17 bits per heavy atom. The van der Waals surface area contributed by atoms with Gasteiger partial charge >= 0.3 is 5.97 Å². The average molecular weight is 348 g/mol. The van der Waals surface area contributed by atoms with Crippen molar-refractivity contribution < 1.29 is 14.6 Å². The van der Waals surface area contributed by atoms with Gasteiger partial charge in [-0.15, -0.1) is 0 Å². The number of aromatic nitrogens is 1. The zero-order valence-corrected chi connectivity index (χ0v) is 13.5. The van der Waals surface area contributed by atoms with Crippen molar-refractivity contribution in [2.24, 2.45) is 0 Å². The first-order valence-electron chi connectivity index (χ1n) is 6.73. The molecule has 0 unspecified atom stereocenters. The van der Waals surface area contributed by atoms with Crippen molar-refractivity contribution in [3.05, 3.63) is 63.8 Å². The molecule has 0 radical (unpaired) electrons. The van der Waals surface area contributed by atoms with Crippen LogP contribution in [-0.2, 0) is 0 Å². The number of hydrogen-bond acceptors (Lipinski definition) is 3. The van der Waals surface area contributed by atoms with Crippen LogP contribution in [0.1, 0.15) is 16.1 Å². The van der Waals surface area contributed by atoms with Gasteiger partial charge in [0.1, 0.15) is 11.3 Å². The van der Waals surface area contributed by atoms with Crippen LogP contribution in [-0.4, -0.2) is 16.1 Å². The number of rotatable bonds is 3. The van der Waals surface area contributed by atoms with E-state index in [1.165, 1.54) is 0 Å². The molecule has 0 atom stereocenters. The second-order valence-corrected chi connectivity index (χ2v) is 5.74. The van der Waals surface area contributed by atoms with E-state index in [0.29, 0.717) is 32.4 Å². The van der Waals surface area contributed by atoms with E-state index in [4.69, 9.17) is 27.9 Å². The fraction of sp³-hybridized carbons (Fsp3) is 0.0588. The van der Waals surface area contributed by atoms with Crippen molar-refractivity contribution >= 4 is 40.1 Å². The van der Waals surface area contributed by atoms with Crippen LogP contribution in [0.15, 0.2) is 42.5 Å². The maximum atomic E-state index is 11.7. The standard InChI is InChI=1S/C17H11Cl2NO3/c1-9-15(17(21)22)16(23-14-5-3-2-4-12(14)19)11-8-10(18)6-7-13(11)20-9/h2-8H,1H3,(H,21,22). The third kappa shape index (κ3) is 2.96. The summed E-state index contributed by atoms with van der Waals surface area (Å²) < 4.78 is 5.84. The number of ether oxygens (including phenoxy) is 1. The summed E-state index contributed by atoms with van der Waals surface area (Å²) in [4.78, 5) is 16.0. The molecule has 0 saturated carbocycles. The lowest BCUT2D eigenvalue weighted by Gasteiger charge is -2.14. The van der Waals surface area contributed by atoms with Gasteiger partial charge in [0.25, 0.3) is 0 Å². The molecule has 6 heteroatoms. The molecular formula is C17H11Cl2NO3. The molecule has 0 amide bonds. The summed E-state index contributed by atoms with van der Waals surface area (Å²) in [5.41, 5.74) is 0.938. The Labute approximate surface area is 142 Å². The summed E-state index contributed by atoms with van der Waals surface area (Å²) in [6, 6.07) is 11.9. The van der Waals surface area contributed by atoms with Crippen LogP contribution >= 0.6 is 23.2 Å². The summed E-state index contributed by atoms with van der Waals surface area (Å²) in [6.45, 7) is 1.62. The van der Waals surface area contributed by atoms with Gasteiger partial charge in [0.2, 0.25) is 0 Å². The molecule has 1 N–H and O–H groups in total. The van der Waals surface area contributed by atoms with E-state index in [9.17, 15) is 9.90 Å². The second kappa shape index (κ2) is 6.07. The zero-order valence-electron chi connectivity index (χ0n) is 12.0. The molecular weight excluding hydrogens is 337 g/mol. The van der Waals surface area contributed by atoms with Gasteiger partial charge in [-0.05, 0) is 37.3 Å². The molecule has 0 bridgehead atoms. The Bertz CT molecular complexity index is 925. The lowest BCUT2D eigenvalue weighted by molar-refractivity contribution is 0.0693. The topological polar surface area (TPSA) is 59.4 Å². The first kappa shape index (κ1) is 15.6. The summed E-state index contributed by atoms with van der Waals surface area (Å²) in [5.74, 6) is -0.585. The first-order valence-corrected chi connectivity index (χ1v) is 7.48. The van der Waals surface area contributed by atoms with Crippen molar-refractivity contribution in [2.75, 3.05) is 0 Å². The molecule has 2 aromatic carbocycles. The van der Waals surface area contributed by atoms with Gasteiger partial charge in [0, 0.05) is 10.4 Å². The highest BCUT2D eigenvalue weighted by Crippen LogP contribution is 2.37. The quantitative estimate of drug-likeness (QED) is 0.694. The van der Waals surface area contributed by atoms with Crippen LogP contribution < -0.4 is 4.74 Å². The molecule has 0 saturated heterocycles. The van der Waals surface area contributed by atoms with Crippen LogP contribution in [0.5, 0.6) is 11.5 Å². The number of aryl methyl sites for hydroxylation is 1. The largest absolute Gasteiger partial charge is 0.477 e. The number of benzene rings is 2. The van der Waals surface area contributed by atoms with Crippen LogP contribution in [0.25, 0.3) is 10.9 Å². The van der Waals surface area contributed by atoms with Crippen LogP contribution in [0.4, 0.5) is 0 Å². The van der Waals surface area contributed by atoms with Gasteiger partial charge in [0.05, 0.1) is 16.2 Å². The normalized spacial score (nSPS) is 10.7. The van der Waals surface area contributed by atoms with E-state index in [-0.39, 0.29) is 11.3 Å². The van der Waals surface area contributed by atoms with Crippen LogP contribution in [0, 0.1) is 6.92 Å². The highest BCUT2D eigenvalue weighted by atomic mass is 35.5.